The van der Waals surface area contributed by atoms with E-state index in [1.165, 1.54) is 12.1 Å². The molecule has 22 heavy (non-hydrogen) atoms. The Bertz CT molecular complexity index is 508. The van der Waals surface area contributed by atoms with Gasteiger partial charge in [0.15, 0.2) is 0 Å². The average Bonchev–Trinajstić information content (AvgIpc) is 2.83. The smallest absolute Gasteiger partial charge is 0.227 e. The summed E-state index contributed by atoms with van der Waals surface area (Å²) in [5.74, 6) is 0.221. The van der Waals surface area contributed by atoms with E-state index in [9.17, 15) is 4.79 Å². The second-order valence-corrected chi connectivity index (χ2v) is 6.07. The van der Waals surface area contributed by atoms with Gasteiger partial charge in [0, 0.05) is 32.0 Å². The third-order valence-electron chi connectivity index (χ3n) is 4.66. The number of piperidine rings is 1. The summed E-state index contributed by atoms with van der Waals surface area (Å²) in [6.45, 7) is 5.72. The minimum Gasteiger partial charge on any atom is -0.383 e. The second kappa shape index (κ2) is 7.77. The van der Waals surface area contributed by atoms with Crippen molar-refractivity contribution in [1.82, 2.24) is 14.7 Å². The summed E-state index contributed by atoms with van der Waals surface area (Å²) < 4.78 is 7.23. The van der Waals surface area contributed by atoms with Crippen molar-refractivity contribution in [2.24, 2.45) is 7.05 Å². The lowest BCUT2D eigenvalue weighted by Gasteiger charge is -2.35. The fourth-order valence-corrected chi connectivity index (χ4v) is 3.54. The van der Waals surface area contributed by atoms with Crippen molar-refractivity contribution >= 4 is 5.91 Å². The zero-order valence-electron chi connectivity index (χ0n) is 14.4. The molecule has 124 valence electrons. The molecule has 1 aliphatic rings. The number of likely N-dealkylation sites (tertiary alicyclic amines) is 1. The molecule has 5 heteroatoms. The Morgan fingerprint density at radius 1 is 1.32 bits per heavy atom. The number of ether oxygens (including phenoxy) is 1. The highest BCUT2D eigenvalue weighted by Gasteiger charge is 2.28. The molecule has 2 rings (SSSR count). The quantitative estimate of drug-likeness (QED) is 0.809. The molecule has 0 N–H and O–H groups in total. The van der Waals surface area contributed by atoms with Crippen molar-refractivity contribution < 1.29 is 9.53 Å². The van der Waals surface area contributed by atoms with Gasteiger partial charge in [-0.05, 0) is 32.1 Å². The maximum atomic E-state index is 12.8. The minimum absolute atomic E-state index is 0.221. The number of carbonyl (C=O) groups is 1. The Hall–Kier alpha value is -1.36. The van der Waals surface area contributed by atoms with Crippen molar-refractivity contribution in [2.75, 3.05) is 20.3 Å². The molecule has 1 amide bonds. The van der Waals surface area contributed by atoms with E-state index in [0.717, 1.165) is 43.5 Å². The summed E-state index contributed by atoms with van der Waals surface area (Å²) in [7, 11) is 3.68. The Kier molecular flexibility index (Phi) is 6.00. The maximum Gasteiger partial charge on any atom is 0.227 e. The van der Waals surface area contributed by atoms with Gasteiger partial charge < -0.3 is 9.64 Å². The van der Waals surface area contributed by atoms with E-state index in [1.807, 2.05) is 16.6 Å². The molecule has 0 bridgehead atoms. The predicted molar refractivity (Wildman–Crippen MR) is 86.9 cm³/mol. The summed E-state index contributed by atoms with van der Waals surface area (Å²) in [6.07, 6.45) is 5.59. The summed E-state index contributed by atoms with van der Waals surface area (Å²) in [6, 6.07) is 0.234. The Morgan fingerprint density at radius 2 is 2.09 bits per heavy atom. The van der Waals surface area contributed by atoms with Gasteiger partial charge in [0.2, 0.25) is 5.91 Å². The van der Waals surface area contributed by atoms with Gasteiger partial charge in [0.1, 0.15) is 0 Å². The number of carbonyl (C=O) groups excluding carboxylic acids is 1. The zero-order chi connectivity index (χ0) is 16.1. The van der Waals surface area contributed by atoms with E-state index in [1.54, 1.807) is 7.11 Å². The number of methoxy groups -OCH3 is 1. The van der Waals surface area contributed by atoms with Gasteiger partial charge >= 0.3 is 0 Å². The van der Waals surface area contributed by atoms with E-state index in [2.05, 4.69) is 18.9 Å². The fourth-order valence-electron chi connectivity index (χ4n) is 3.54. The van der Waals surface area contributed by atoms with Crippen LogP contribution in [-0.4, -0.2) is 46.9 Å². The van der Waals surface area contributed by atoms with Crippen molar-refractivity contribution in [3.8, 4) is 0 Å². The SMILES string of the molecule is CCc1nn(C)c(CC)c1CC(=O)N1CCCCC1COC. The first-order valence-electron chi connectivity index (χ1n) is 8.44. The molecule has 0 saturated carbocycles. The van der Waals surface area contributed by atoms with Crippen LogP contribution in [0.5, 0.6) is 0 Å². The van der Waals surface area contributed by atoms with Crippen LogP contribution < -0.4 is 0 Å². The molecule has 2 heterocycles. The molecule has 1 fully saturated rings. The largest absolute Gasteiger partial charge is 0.383 e. The van der Waals surface area contributed by atoms with Crippen LogP contribution in [0.4, 0.5) is 0 Å². The summed E-state index contributed by atoms with van der Waals surface area (Å²) in [5.41, 5.74) is 3.39. The van der Waals surface area contributed by atoms with Crippen molar-refractivity contribution in [2.45, 2.75) is 58.4 Å². The monoisotopic (exact) mass is 307 g/mol. The van der Waals surface area contributed by atoms with Crippen LogP contribution in [0.3, 0.4) is 0 Å². The van der Waals surface area contributed by atoms with Crippen LogP contribution >= 0.6 is 0 Å². The molecule has 1 aliphatic heterocycles. The van der Waals surface area contributed by atoms with Crippen LogP contribution in [0.15, 0.2) is 0 Å². The zero-order valence-corrected chi connectivity index (χ0v) is 14.4. The normalized spacial score (nSPS) is 18.7. The highest BCUT2D eigenvalue weighted by Crippen LogP contribution is 2.21. The second-order valence-electron chi connectivity index (χ2n) is 6.07. The average molecular weight is 307 g/mol. The number of amides is 1. The van der Waals surface area contributed by atoms with E-state index in [-0.39, 0.29) is 11.9 Å². The maximum absolute atomic E-state index is 12.8. The van der Waals surface area contributed by atoms with E-state index in [4.69, 9.17) is 4.74 Å². The molecule has 1 saturated heterocycles. The number of aromatic nitrogens is 2. The Labute approximate surface area is 133 Å². The first-order chi connectivity index (χ1) is 10.6. The summed E-state index contributed by atoms with van der Waals surface area (Å²) in [4.78, 5) is 14.9. The summed E-state index contributed by atoms with van der Waals surface area (Å²) in [5, 5.41) is 4.57. The number of hydrogen-bond donors (Lipinski definition) is 0. The number of hydrogen-bond acceptors (Lipinski definition) is 3. The van der Waals surface area contributed by atoms with Crippen LogP contribution in [-0.2, 0) is 35.8 Å². The molecular formula is C17H29N3O2. The first-order valence-corrected chi connectivity index (χ1v) is 8.44. The molecular weight excluding hydrogens is 278 g/mol. The lowest BCUT2D eigenvalue weighted by molar-refractivity contribution is -0.135. The fraction of sp³-hybridized carbons (Fsp3) is 0.765. The van der Waals surface area contributed by atoms with Gasteiger partial charge in [-0.25, -0.2) is 0 Å². The third kappa shape index (κ3) is 3.51. The van der Waals surface area contributed by atoms with Gasteiger partial charge in [-0.3, -0.25) is 9.48 Å². The van der Waals surface area contributed by atoms with Gasteiger partial charge in [0.05, 0.1) is 24.8 Å². The third-order valence-corrected chi connectivity index (χ3v) is 4.66. The van der Waals surface area contributed by atoms with Crippen molar-refractivity contribution in [3.63, 3.8) is 0 Å². The van der Waals surface area contributed by atoms with Crippen LogP contribution in [0.25, 0.3) is 0 Å². The van der Waals surface area contributed by atoms with Gasteiger partial charge in [-0.15, -0.1) is 0 Å². The first kappa shape index (κ1) is 17.0. The highest BCUT2D eigenvalue weighted by molar-refractivity contribution is 5.79. The van der Waals surface area contributed by atoms with Gasteiger partial charge in [0.25, 0.3) is 0 Å². The molecule has 1 aromatic heterocycles. The van der Waals surface area contributed by atoms with Crippen molar-refractivity contribution in [1.29, 1.82) is 0 Å². The lowest BCUT2D eigenvalue weighted by atomic mass is 10.00. The van der Waals surface area contributed by atoms with Crippen LogP contribution in [0.2, 0.25) is 0 Å². The van der Waals surface area contributed by atoms with Crippen LogP contribution in [0, 0.1) is 0 Å². The molecule has 5 nitrogen and oxygen atoms in total. The highest BCUT2D eigenvalue weighted by atomic mass is 16.5. The molecule has 1 unspecified atom stereocenters. The Balaban J connectivity index is 2.17. The molecule has 0 spiro atoms. The number of rotatable bonds is 6. The molecule has 0 aromatic carbocycles. The molecule has 1 atom stereocenters. The van der Waals surface area contributed by atoms with E-state index >= 15 is 0 Å². The number of nitrogens with zero attached hydrogens (tertiary/aromatic N) is 3. The minimum atomic E-state index is 0.221. The van der Waals surface area contributed by atoms with Crippen LogP contribution in [0.1, 0.15) is 50.1 Å². The van der Waals surface area contributed by atoms with E-state index < -0.39 is 0 Å². The summed E-state index contributed by atoms with van der Waals surface area (Å²) >= 11 is 0. The topological polar surface area (TPSA) is 47.4 Å². The van der Waals surface area contributed by atoms with E-state index in [0.29, 0.717) is 13.0 Å². The predicted octanol–water partition coefficient (Wildman–Crippen LogP) is 2.11. The standard InChI is InChI=1S/C17H29N3O2/c1-5-15-14(16(6-2)19(3)18-15)11-17(21)20-10-8-7-9-13(20)12-22-4/h13H,5-12H2,1-4H3. The molecule has 0 radical (unpaired) electrons. The Morgan fingerprint density at radius 3 is 2.73 bits per heavy atom. The number of aryl methyl sites for hydroxylation is 2. The molecule has 1 aromatic rings. The van der Waals surface area contributed by atoms with Gasteiger partial charge in [-0.2, -0.15) is 5.10 Å². The lowest BCUT2D eigenvalue weighted by Crippen LogP contribution is -2.46. The van der Waals surface area contributed by atoms with Crippen molar-refractivity contribution in [3.05, 3.63) is 17.0 Å². The molecule has 0 aliphatic carbocycles. The van der Waals surface area contributed by atoms with Gasteiger partial charge in [-0.1, -0.05) is 13.8 Å².